The van der Waals surface area contributed by atoms with Gasteiger partial charge in [0.15, 0.2) is 5.78 Å². The van der Waals surface area contributed by atoms with Gasteiger partial charge in [-0.25, -0.2) is 0 Å². The highest BCUT2D eigenvalue weighted by Crippen LogP contribution is 2.36. The zero-order valence-electron chi connectivity index (χ0n) is 24.0. The maximum absolute atomic E-state index is 12.3. The Balaban J connectivity index is 0.000000197. The van der Waals surface area contributed by atoms with Crippen LogP contribution in [0.15, 0.2) is 77.7 Å². The number of nitrogens with zero attached hydrogens (tertiary/aromatic N) is 3. The third kappa shape index (κ3) is 6.96. The molecule has 1 heterocycles. The number of hydrogen-bond acceptors (Lipinski definition) is 8. The van der Waals surface area contributed by atoms with Crippen LogP contribution in [-0.2, 0) is 15.5 Å². The van der Waals surface area contributed by atoms with Crippen molar-refractivity contribution in [2.45, 2.75) is 38.0 Å². The number of phenols is 2. The molecule has 0 saturated heterocycles. The van der Waals surface area contributed by atoms with E-state index in [2.05, 4.69) is 31.0 Å². The average Bonchev–Trinajstić information content (AvgIpc) is 3.36. The van der Waals surface area contributed by atoms with E-state index in [0.29, 0.717) is 16.2 Å². The van der Waals surface area contributed by atoms with Gasteiger partial charge in [0, 0.05) is 22.2 Å². The first-order valence-electron chi connectivity index (χ1n) is 13.0. The number of fused-ring (bicyclic) bond motifs is 1. The lowest BCUT2D eigenvalue weighted by Crippen LogP contribution is -2.13. The summed E-state index contributed by atoms with van der Waals surface area (Å²) in [5.41, 5.74) is 3.82. The number of methoxy groups -OCH3 is 1. The maximum Gasteiger partial charge on any atom is 0.298 e. The molecule has 0 aliphatic carbocycles. The summed E-state index contributed by atoms with van der Waals surface area (Å²) in [6, 6.07) is 19.1. The Morgan fingerprint density at radius 2 is 1.58 bits per heavy atom. The lowest BCUT2D eigenvalue weighted by Gasteiger charge is -2.22. The Kier molecular flexibility index (Phi) is 8.82. The minimum absolute atomic E-state index is 0.166. The summed E-state index contributed by atoms with van der Waals surface area (Å²) in [4.78, 5) is 13.2. The number of ether oxygens (including phenoxy) is 1. The molecule has 5 rings (SSSR count). The predicted molar refractivity (Wildman–Crippen MR) is 163 cm³/mol. The van der Waals surface area contributed by atoms with Crippen LogP contribution in [0.2, 0.25) is 5.02 Å². The molecule has 0 aliphatic heterocycles. The monoisotopic (exact) mass is 623 g/mol. The van der Waals surface area contributed by atoms with E-state index >= 15 is 0 Å². The Bertz CT molecular complexity index is 1930. The standard InChI is InChI=1S/C17H18ClN3O.C14H12O6S/c1-10-7-12(17(2,3)4)16(22)15(8-10)21-19-13-6-5-11(18)9-14(13)20-21;1-20-12-8-11(15)10(7-13(12)21(17,18)19)14(16)9-5-3-2-4-6-9/h5-9,22H,1-4H3;2-8,15H,1H3,(H,17,18,19). The Labute approximate surface area is 253 Å². The molecule has 0 spiro atoms. The van der Waals surface area contributed by atoms with E-state index in [1.54, 1.807) is 30.3 Å². The highest BCUT2D eigenvalue weighted by Gasteiger charge is 2.24. The number of carbonyl (C=O) groups excluding carboxylic acids is 1. The van der Waals surface area contributed by atoms with E-state index < -0.39 is 26.5 Å². The molecule has 0 amide bonds. The molecule has 0 saturated carbocycles. The van der Waals surface area contributed by atoms with Crippen LogP contribution >= 0.6 is 11.6 Å². The van der Waals surface area contributed by atoms with Crippen LogP contribution in [0.25, 0.3) is 16.7 Å². The van der Waals surface area contributed by atoms with E-state index in [1.807, 2.05) is 25.1 Å². The summed E-state index contributed by atoms with van der Waals surface area (Å²) in [5, 5.41) is 30.0. The molecular weight excluding hydrogens is 594 g/mol. The Hall–Kier alpha value is -4.45. The van der Waals surface area contributed by atoms with Gasteiger partial charge in [-0.3, -0.25) is 9.35 Å². The molecule has 0 radical (unpaired) electrons. The van der Waals surface area contributed by atoms with Crippen molar-refractivity contribution in [3.8, 4) is 22.9 Å². The SMILES string of the molecule is COc1cc(O)c(C(=O)c2ccccc2)cc1S(=O)(=O)O.Cc1cc(-n2nc3ccc(Cl)cc3n2)c(O)c(C(C)(C)C)c1. The van der Waals surface area contributed by atoms with Crippen LogP contribution in [0, 0.1) is 6.92 Å². The molecule has 0 fully saturated rings. The fourth-order valence-corrected chi connectivity index (χ4v) is 5.15. The molecule has 10 nitrogen and oxygen atoms in total. The van der Waals surface area contributed by atoms with Gasteiger partial charge < -0.3 is 14.9 Å². The van der Waals surface area contributed by atoms with Crippen LogP contribution < -0.4 is 4.74 Å². The lowest BCUT2D eigenvalue weighted by atomic mass is 9.85. The number of phenolic OH excluding ortho intramolecular Hbond substituents is 2. The van der Waals surface area contributed by atoms with Crippen molar-refractivity contribution in [1.82, 2.24) is 15.0 Å². The summed E-state index contributed by atoms with van der Waals surface area (Å²) in [5.74, 6) is -1.04. The molecule has 0 atom stereocenters. The summed E-state index contributed by atoms with van der Waals surface area (Å²) >= 11 is 5.99. The van der Waals surface area contributed by atoms with Crippen LogP contribution in [0.5, 0.6) is 17.2 Å². The molecule has 0 bridgehead atoms. The molecule has 43 heavy (non-hydrogen) atoms. The highest BCUT2D eigenvalue weighted by molar-refractivity contribution is 7.86. The van der Waals surface area contributed by atoms with Gasteiger partial charge in [0.2, 0.25) is 0 Å². The number of aryl methyl sites for hydroxylation is 1. The number of carbonyl (C=O) groups is 1. The van der Waals surface area contributed by atoms with Gasteiger partial charge >= 0.3 is 0 Å². The van der Waals surface area contributed by atoms with Gasteiger partial charge in [-0.15, -0.1) is 15.0 Å². The molecule has 224 valence electrons. The molecule has 0 unspecified atom stereocenters. The minimum Gasteiger partial charge on any atom is -0.507 e. The topological polar surface area (TPSA) is 152 Å². The highest BCUT2D eigenvalue weighted by atomic mass is 35.5. The number of aromatic hydroxyl groups is 2. The zero-order valence-corrected chi connectivity index (χ0v) is 25.6. The number of hydrogen-bond donors (Lipinski definition) is 3. The molecule has 4 aromatic carbocycles. The van der Waals surface area contributed by atoms with Gasteiger partial charge in [-0.1, -0.05) is 68.8 Å². The van der Waals surface area contributed by atoms with E-state index in [1.165, 1.54) is 24.0 Å². The second-order valence-electron chi connectivity index (χ2n) is 10.7. The van der Waals surface area contributed by atoms with Crippen molar-refractivity contribution in [2.24, 2.45) is 0 Å². The largest absolute Gasteiger partial charge is 0.507 e. The zero-order chi connectivity index (χ0) is 31.7. The van der Waals surface area contributed by atoms with Gasteiger partial charge in [0.05, 0.1) is 12.7 Å². The third-order valence-corrected chi connectivity index (χ3v) is 7.55. The third-order valence-electron chi connectivity index (χ3n) is 6.44. The second kappa shape index (κ2) is 12.0. The van der Waals surface area contributed by atoms with Gasteiger partial charge in [-0.2, -0.15) is 8.42 Å². The molecule has 3 N–H and O–H groups in total. The van der Waals surface area contributed by atoms with Crippen molar-refractivity contribution in [1.29, 1.82) is 0 Å². The Morgan fingerprint density at radius 1 is 0.930 bits per heavy atom. The summed E-state index contributed by atoms with van der Waals surface area (Å²) < 4.78 is 36.6. The van der Waals surface area contributed by atoms with Gasteiger partial charge in [-0.05, 0) is 48.2 Å². The van der Waals surface area contributed by atoms with Gasteiger partial charge in [0.25, 0.3) is 10.1 Å². The first kappa shape index (κ1) is 31.5. The van der Waals surface area contributed by atoms with Crippen LogP contribution in [0.4, 0.5) is 0 Å². The molecule has 1 aromatic heterocycles. The van der Waals surface area contributed by atoms with E-state index in [9.17, 15) is 23.4 Å². The van der Waals surface area contributed by atoms with Crippen molar-refractivity contribution in [2.75, 3.05) is 7.11 Å². The number of benzene rings is 4. The first-order valence-corrected chi connectivity index (χ1v) is 14.8. The quantitative estimate of drug-likeness (QED) is 0.152. The second-order valence-corrected chi connectivity index (χ2v) is 12.6. The minimum atomic E-state index is -4.59. The van der Waals surface area contributed by atoms with E-state index in [0.717, 1.165) is 28.8 Å². The first-order chi connectivity index (χ1) is 20.1. The van der Waals surface area contributed by atoms with Crippen molar-refractivity contribution in [3.05, 3.63) is 100 Å². The molecule has 0 aliphatic rings. The van der Waals surface area contributed by atoms with Crippen molar-refractivity contribution in [3.63, 3.8) is 0 Å². The number of rotatable bonds is 5. The maximum atomic E-state index is 12.3. The number of aromatic nitrogens is 3. The molecule has 5 aromatic rings. The summed E-state index contributed by atoms with van der Waals surface area (Å²) in [6.45, 7) is 8.20. The van der Waals surface area contributed by atoms with Crippen LogP contribution in [0.1, 0.15) is 47.8 Å². The predicted octanol–water partition coefficient (Wildman–Crippen LogP) is 6.26. The lowest BCUT2D eigenvalue weighted by molar-refractivity contribution is 0.103. The fourth-order valence-electron chi connectivity index (χ4n) is 4.32. The Morgan fingerprint density at radius 3 is 2.19 bits per heavy atom. The van der Waals surface area contributed by atoms with Crippen LogP contribution in [-0.4, -0.2) is 51.1 Å². The molecular formula is C31H30ClN3O7S. The smallest absolute Gasteiger partial charge is 0.298 e. The number of halogens is 1. The van der Waals surface area contributed by atoms with E-state index in [-0.39, 0.29) is 28.0 Å². The van der Waals surface area contributed by atoms with Crippen molar-refractivity contribution >= 4 is 38.5 Å². The average molecular weight is 624 g/mol. The summed E-state index contributed by atoms with van der Waals surface area (Å²) in [6.07, 6.45) is 0. The van der Waals surface area contributed by atoms with Gasteiger partial charge in [0.1, 0.15) is 38.9 Å². The normalized spacial score (nSPS) is 11.6. The van der Waals surface area contributed by atoms with E-state index in [4.69, 9.17) is 20.9 Å². The van der Waals surface area contributed by atoms with Crippen LogP contribution in [0.3, 0.4) is 0 Å². The summed E-state index contributed by atoms with van der Waals surface area (Å²) in [7, 11) is -3.41. The number of ketones is 1. The van der Waals surface area contributed by atoms with Crippen molar-refractivity contribution < 1.29 is 32.7 Å². The molecule has 12 heteroatoms. The fraction of sp³-hybridized carbons (Fsp3) is 0.194.